The van der Waals surface area contributed by atoms with Crippen LogP contribution in [0.4, 0.5) is 0 Å². The number of aromatic nitrogens is 1. The molecule has 1 aliphatic heterocycles. The summed E-state index contributed by atoms with van der Waals surface area (Å²) in [5.41, 5.74) is 2.36. The second kappa shape index (κ2) is 5.44. The maximum atomic E-state index is 12.7. The number of nitro groups is 1. The van der Waals surface area contributed by atoms with Gasteiger partial charge in [-0.2, -0.15) is 0 Å². The summed E-state index contributed by atoms with van der Waals surface area (Å²) in [6.07, 6.45) is 0.303. The average Bonchev–Trinajstić information content (AvgIpc) is 3.24. The Morgan fingerprint density at radius 3 is 2.78 bits per heavy atom. The Labute approximate surface area is 152 Å². The molecular weight excluding hydrogens is 348 g/mol. The Kier molecular flexibility index (Phi) is 3.15. The van der Waals surface area contributed by atoms with Gasteiger partial charge >= 0.3 is 11.9 Å². The molecule has 4 aromatic rings. The molecule has 7 nitrogen and oxygen atoms in total. The predicted octanol–water partition coefficient (Wildman–Crippen LogP) is 3.71. The highest BCUT2D eigenvalue weighted by atomic mass is 16.7. The van der Waals surface area contributed by atoms with Crippen LogP contribution in [0.2, 0.25) is 0 Å². The summed E-state index contributed by atoms with van der Waals surface area (Å²) in [5.74, 6) is -0.616. The van der Waals surface area contributed by atoms with Gasteiger partial charge in [0.15, 0.2) is 0 Å². The fraction of sp³-hybridized carbons (Fsp3) is 0.150. The highest BCUT2D eigenvalue weighted by Crippen LogP contribution is 2.46. The molecule has 0 spiro atoms. The molecule has 0 aliphatic carbocycles. The fourth-order valence-electron chi connectivity index (χ4n) is 3.85. The lowest BCUT2D eigenvalue weighted by atomic mass is 9.91. The first-order valence-corrected chi connectivity index (χ1v) is 8.48. The van der Waals surface area contributed by atoms with Crippen molar-refractivity contribution in [3.8, 4) is 5.75 Å². The van der Waals surface area contributed by atoms with Crippen LogP contribution in [-0.2, 0) is 0 Å². The zero-order valence-electron chi connectivity index (χ0n) is 14.3. The van der Waals surface area contributed by atoms with Crippen LogP contribution >= 0.6 is 0 Å². The van der Waals surface area contributed by atoms with Gasteiger partial charge in [0.1, 0.15) is 17.3 Å². The van der Waals surface area contributed by atoms with Crippen molar-refractivity contribution >= 4 is 21.9 Å². The van der Waals surface area contributed by atoms with E-state index in [1.54, 1.807) is 12.3 Å². The molecule has 27 heavy (non-hydrogen) atoms. The molecule has 1 N–H and O–H groups in total. The van der Waals surface area contributed by atoms with E-state index in [0.717, 1.165) is 16.5 Å². The minimum atomic E-state index is -1.40. The summed E-state index contributed by atoms with van der Waals surface area (Å²) in [6, 6.07) is 12.8. The van der Waals surface area contributed by atoms with Crippen LogP contribution in [0.5, 0.6) is 5.75 Å². The van der Waals surface area contributed by atoms with Crippen molar-refractivity contribution in [3.63, 3.8) is 0 Å². The largest absolute Gasteiger partial charge is 0.428 e. The van der Waals surface area contributed by atoms with Gasteiger partial charge in [-0.05, 0) is 30.7 Å². The second-order valence-corrected chi connectivity index (χ2v) is 6.69. The minimum Gasteiger partial charge on any atom is -0.428 e. The van der Waals surface area contributed by atoms with E-state index in [4.69, 9.17) is 9.15 Å². The average molecular weight is 362 g/mol. The highest BCUT2D eigenvalue weighted by Gasteiger charge is 2.48. The predicted molar refractivity (Wildman–Crippen MR) is 98.8 cm³/mol. The second-order valence-electron chi connectivity index (χ2n) is 6.69. The zero-order valence-corrected chi connectivity index (χ0v) is 14.3. The van der Waals surface area contributed by atoms with Crippen LogP contribution in [0.15, 0.2) is 57.9 Å². The first-order chi connectivity index (χ1) is 13.0. The number of nitrogens with one attached hydrogen (secondary N) is 1. The van der Waals surface area contributed by atoms with E-state index >= 15 is 0 Å². The molecule has 7 heteroatoms. The highest BCUT2D eigenvalue weighted by molar-refractivity contribution is 5.88. The third kappa shape index (κ3) is 2.18. The van der Waals surface area contributed by atoms with Gasteiger partial charge < -0.3 is 14.1 Å². The molecule has 0 bridgehead atoms. The Hall–Kier alpha value is -3.61. The topological polar surface area (TPSA) is 98.4 Å². The maximum Gasteiger partial charge on any atom is 0.365 e. The van der Waals surface area contributed by atoms with Gasteiger partial charge in [0.25, 0.3) is 0 Å². The van der Waals surface area contributed by atoms with Gasteiger partial charge in [0.2, 0.25) is 0 Å². The van der Waals surface area contributed by atoms with E-state index in [1.165, 1.54) is 0 Å². The number of rotatable bonds is 2. The van der Waals surface area contributed by atoms with Crippen LogP contribution in [0.1, 0.15) is 22.6 Å². The summed E-state index contributed by atoms with van der Waals surface area (Å²) in [6.45, 7) is 1.90. The SMILES string of the molecule is Cc1ccc2oc(=O)c3c(c2c1)OC([N+](=O)[O-])C3c1c[nH]c2ccccc12. The fourth-order valence-corrected chi connectivity index (χ4v) is 3.85. The van der Waals surface area contributed by atoms with Crippen LogP contribution < -0.4 is 10.4 Å². The summed E-state index contributed by atoms with van der Waals surface area (Å²) in [7, 11) is 0. The Morgan fingerprint density at radius 2 is 1.96 bits per heavy atom. The molecule has 0 saturated heterocycles. The molecule has 5 rings (SSSR count). The molecule has 1 aliphatic rings. The van der Waals surface area contributed by atoms with E-state index in [-0.39, 0.29) is 11.3 Å². The molecule has 2 unspecified atom stereocenters. The third-order valence-electron chi connectivity index (χ3n) is 5.05. The van der Waals surface area contributed by atoms with Gasteiger partial charge in [-0.15, -0.1) is 0 Å². The molecule has 2 aromatic heterocycles. The van der Waals surface area contributed by atoms with E-state index in [1.807, 2.05) is 43.3 Å². The Morgan fingerprint density at radius 1 is 1.15 bits per heavy atom. The normalized spacial score (nSPS) is 18.6. The monoisotopic (exact) mass is 362 g/mol. The molecule has 2 aromatic carbocycles. The quantitative estimate of drug-likeness (QED) is 0.333. The molecule has 0 saturated carbocycles. The van der Waals surface area contributed by atoms with Crippen molar-refractivity contribution in [2.75, 3.05) is 0 Å². The molecule has 134 valence electrons. The summed E-state index contributed by atoms with van der Waals surface area (Å²) in [4.78, 5) is 27.1. The number of hydrogen-bond acceptors (Lipinski definition) is 5. The number of fused-ring (bicyclic) bond motifs is 4. The number of hydrogen-bond donors (Lipinski definition) is 1. The van der Waals surface area contributed by atoms with E-state index < -0.39 is 22.7 Å². The molecule has 0 radical (unpaired) electrons. The van der Waals surface area contributed by atoms with Crippen molar-refractivity contribution in [1.82, 2.24) is 4.98 Å². The zero-order chi connectivity index (χ0) is 18.7. The van der Waals surface area contributed by atoms with Crippen molar-refractivity contribution in [3.05, 3.63) is 85.9 Å². The lowest BCUT2D eigenvalue weighted by Gasteiger charge is -2.10. The molecule has 2 atom stereocenters. The van der Waals surface area contributed by atoms with Crippen molar-refractivity contribution in [2.45, 2.75) is 19.1 Å². The van der Waals surface area contributed by atoms with Gasteiger partial charge in [-0.1, -0.05) is 29.8 Å². The summed E-state index contributed by atoms with van der Waals surface area (Å²) >= 11 is 0. The number of aromatic amines is 1. The Bertz CT molecular complexity index is 1290. The minimum absolute atomic E-state index is 0.194. The smallest absolute Gasteiger partial charge is 0.365 e. The van der Waals surface area contributed by atoms with Gasteiger partial charge in [-0.25, -0.2) is 4.79 Å². The summed E-state index contributed by atoms with van der Waals surface area (Å²) in [5, 5.41) is 13.1. The van der Waals surface area contributed by atoms with Gasteiger partial charge in [0, 0.05) is 17.1 Å². The first kappa shape index (κ1) is 15.6. The number of para-hydroxylation sites is 1. The first-order valence-electron chi connectivity index (χ1n) is 8.48. The van der Waals surface area contributed by atoms with E-state index in [2.05, 4.69) is 4.98 Å². The molecule has 0 fully saturated rings. The lowest BCUT2D eigenvalue weighted by molar-refractivity contribution is -0.561. The van der Waals surface area contributed by atoms with Crippen LogP contribution in [0, 0.1) is 17.0 Å². The van der Waals surface area contributed by atoms with Gasteiger partial charge in [0.05, 0.1) is 15.9 Å². The van der Waals surface area contributed by atoms with Crippen molar-refractivity contribution < 1.29 is 14.1 Å². The van der Waals surface area contributed by atoms with Crippen LogP contribution in [0.25, 0.3) is 21.9 Å². The van der Waals surface area contributed by atoms with Crippen molar-refractivity contribution in [1.29, 1.82) is 0 Å². The van der Waals surface area contributed by atoms with Crippen LogP contribution in [0.3, 0.4) is 0 Å². The Balaban J connectivity index is 1.84. The molecule has 3 heterocycles. The lowest BCUT2D eigenvalue weighted by Crippen LogP contribution is -2.29. The van der Waals surface area contributed by atoms with E-state index in [0.29, 0.717) is 16.5 Å². The van der Waals surface area contributed by atoms with E-state index in [9.17, 15) is 14.9 Å². The third-order valence-corrected chi connectivity index (χ3v) is 5.05. The number of ether oxygens (including phenoxy) is 1. The van der Waals surface area contributed by atoms with Crippen LogP contribution in [-0.4, -0.2) is 16.1 Å². The molecular formula is C20H14N2O5. The number of benzene rings is 2. The number of H-pyrrole nitrogens is 1. The maximum absolute atomic E-state index is 12.7. The number of aryl methyl sites for hydroxylation is 1. The van der Waals surface area contributed by atoms with Gasteiger partial charge in [-0.3, -0.25) is 10.1 Å². The summed E-state index contributed by atoms with van der Waals surface area (Å²) < 4.78 is 11.2. The van der Waals surface area contributed by atoms with Crippen molar-refractivity contribution in [2.24, 2.45) is 0 Å². The number of nitrogens with zero attached hydrogens (tertiary/aromatic N) is 1. The standard InChI is InChI=1S/C20H14N2O5/c1-10-6-7-15-12(8-10)18-17(20(23)26-15)16(19(27-18)22(24)25)13-9-21-14-5-3-2-4-11(13)14/h2-9,16,19,21H,1H3. The molecule has 0 amide bonds.